The number of carbonyl (C=O) groups excluding carboxylic acids is 4. The van der Waals surface area contributed by atoms with Crippen LogP contribution in [0.25, 0.3) is 0 Å². The molecule has 0 amide bonds. The van der Waals surface area contributed by atoms with E-state index in [4.69, 9.17) is 28.4 Å². The first-order valence-electron chi connectivity index (χ1n) is 8.07. The lowest BCUT2D eigenvalue weighted by molar-refractivity contribution is -0.301. The second-order valence-corrected chi connectivity index (χ2v) is 5.53. The van der Waals surface area contributed by atoms with Crippen molar-refractivity contribution in [2.75, 3.05) is 13.2 Å². The van der Waals surface area contributed by atoms with Gasteiger partial charge in [0.2, 0.25) is 12.4 Å². The Bertz CT molecular complexity index is 531. The van der Waals surface area contributed by atoms with E-state index in [-0.39, 0.29) is 6.61 Å². The molecular weight excluding hydrogens is 352 g/mol. The lowest BCUT2D eigenvalue weighted by Crippen LogP contribution is -2.63. The highest BCUT2D eigenvalue weighted by Gasteiger charge is 2.53. The van der Waals surface area contributed by atoms with Crippen molar-refractivity contribution >= 4 is 23.9 Å². The SMILES string of the molecule is CCOC[C@H]1OC(OC(C)=O)[C@H](OC(C)=O)C(OC(C)=O)[C@@H]1OC(C)=O. The van der Waals surface area contributed by atoms with Crippen molar-refractivity contribution in [2.24, 2.45) is 0 Å². The van der Waals surface area contributed by atoms with E-state index in [1.807, 2.05) is 0 Å². The van der Waals surface area contributed by atoms with Crippen molar-refractivity contribution in [2.45, 2.75) is 65.3 Å². The Morgan fingerprint density at radius 1 is 0.731 bits per heavy atom. The zero-order valence-electron chi connectivity index (χ0n) is 15.4. The van der Waals surface area contributed by atoms with E-state index in [9.17, 15) is 19.2 Å². The smallest absolute Gasteiger partial charge is 0.305 e. The second-order valence-electron chi connectivity index (χ2n) is 5.53. The Hall–Kier alpha value is -2.20. The molecule has 5 atom stereocenters. The minimum atomic E-state index is -1.36. The number of rotatable bonds is 7. The molecule has 1 saturated heterocycles. The summed E-state index contributed by atoms with van der Waals surface area (Å²) in [4.78, 5) is 45.9. The van der Waals surface area contributed by atoms with E-state index in [2.05, 4.69) is 0 Å². The first-order chi connectivity index (χ1) is 12.1. The summed E-state index contributed by atoms with van der Waals surface area (Å²) in [5.74, 6) is -2.79. The molecule has 0 aromatic carbocycles. The van der Waals surface area contributed by atoms with Gasteiger partial charge in [0, 0.05) is 34.3 Å². The van der Waals surface area contributed by atoms with Crippen LogP contribution >= 0.6 is 0 Å². The zero-order valence-corrected chi connectivity index (χ0v) is 15.4. The number of hydrogen-bond donors (Lipinski definition) is 0. The van der Waals surface area contributed by atoms with Crippen LogP contribution in [0.5, 0.6) is 0 Å². The molecule has 1 rings (SSSR count). The maximum Gasteiger partial charge on any atom is 0.305 e. The largest absolute Gasteiger partial charge is 0.456 e. The first-order valence-corrected chi connectivity index (χ1v) is 8.07. The monoisotopic (exact) mass is 376 g/mol. The molecule has 10 heteroatoms. The van der Waals surface area contributed by atoms with Crippen LogP contribution in [0.3, 0.4) is 0 Å². The molecule has 26 heavy (non-hydrogen) atoms. The summed E-state index contributed by atoms with van der Waals surface area (Å²) in [6.45, 7) is 6.64. The van der Waals surface area contributed by atoms with E-state index in [0.717, 1.165) is 20.8 Å². The van der Waals surface area contributed by atoms with Crippen molar-refractivity contribution < 1.29 is 47.6 Å². The molecule has 0 radical (unpaired) electrons. The summed E-state index contributed by atoms with van der Waals surface area (Å²) < 4.78 is 31.6. The molecule has 10 nitrogen and oxygen atoms in total. The van der Waals surface area contributed by atoms with Crippen molar-refractivity contribution in [3.05, 3.63) is 0 Å². The summed E-state index contributed by atoms with van der Waals surface area (Å²) in [5, 5.41) is 0. The van der Waals surface area contributed by atoms with Crippen LogP contribution in [0.1, 0.15) is 34.6 Å². The highest BCUT2D eigenvalue weighted by atomic mass is 16.7. The Morgan fingerprint density at radius 2 is 1.19 bits per heavy atom. The van der Waals surface area contributed by atoms with Gasteiger partial charge in [0.05, 0.1) is 6.61 Å². The summed E-state index contributed by atoms with van der Waals surface area (Å²) in [5.41, 5.74) is 0. The molecular formula is C16H24O10. The highest BCUT2D eigenvalue weighted by molar-refractivity contribution is 5.69. The van der Waals surface area contributed by atoms with E-state index in [1.54, 1.807) is 6.92 Å². The third-order valence-corrected chi connectivity index (χ3v) is 3.27. The predicted molar refractivity (Wildman–Crippen MR) is 83.6 cm³/mol. The van der Waals surface area contributed by atoms with Crippen LogP contribution in [0.15, 0.2) is 0 Å². The van der Waals surface area contributed by atoms with E-state index >= 15 is 0 Å². The third kappa shape index (κ3) is 6.60. The molecule has 0 aromatic rings. The lowest BCUT2D eigenvalue weighted by atomic mass is 9.98. The summed E-state index contributed by atoms with van der Waals surface area (Å²) in [7, 11) is 0. The molecule has 1 fully saturated rings. The quantitative estimate of drug-likeness (QED) is 0.446. The normalized spacial score (nSPS) is 28.0. The van der Waals surface area contributed by atoms with Gasteiger partial charge in [0.1, 0.15) is 6.10 Å². The maximum absolute atomic E-state index is 11.5. The number of ether oxygens (including phenoxy) is 6. The highest BCUT2D eigenvalue weighted by Crippen LogP contribution is 2.29. The van der Waals surface area contributed by atoms with Crippen molar-refractivity contribution in [1.29, 1.82) is 0 Å². The average Bonchev–Trinajstić information content (AvgIpc) is 2.49. The Kier molecular flexibility index (Phi) is 8.46. The lowest BCUT2D eigenvalue weighted by Gasteiger charge is -2.43. The molecule has 1 aliphatic rings. The van der Waals surface area contributed by atoms with E-state index < -0.39 is 54.6 Å². The summed E-state index contributed by atoms with van der Waals surface area (Å²) >= 11 is 0. The molecule has 1 aliphatic heterocycles. The molecule has 0 aromatic heterocycles. The van der Waals surface area contributed by atoms with Crippen LogP contribution in [-0.4, -0.2) is 67.8 Å². The van der Waals surface area contributed by atoms with Gasteiger partial charge in [0.15, 0.2) is 12.2 Å². The second kappa shape index (κ2) is 10.1. The van der Waals surface area contributed by atoms with Crippen LogP contribution in [0, 0.1) is 0 Å². The van der Waals surface area contributed by atoms with E-state index in [1.165, 1.54) is 6.92 Å². The molecule has 148 valence electrons. The summed E-state index contributed by atoms with van der Waals surface area (Å²) in [6, 6.07) is 0. The Balaban J connectivity index is 3.25. The van der Waals surface area contributed by atoms with Gasteiger partial charge in [-0.25, -0.2) is 0 Å². The molecule has 0 saturated carbocycles. The van der Waals surface area contributed by atoms with Gasteiger partial charge >= 0.3 is 23.9 Å². The number of hydrogen-bond acceptors (Lipinski definition) is 10. The fourth-order valence-corrected chi connectivity index (χ4v) is 2.48. The van der Waals surface area contributed by atoms with Gasteiger partial charge in [0.25, 0.3) is 0 Å². The van der Waals surface area contributed by atoms with Crippen LogP contribution in [0.4, 0.5) is 0 Å². The summed E-state index contributed by atoms with van der Waals surface area (Å²) in [6.07, 6.45) is -5.97. The van der Waals surface area contributed by atoms with E-state index in [0.29, 0.717) is 6.61 Å². The van der Waals surface area contributed by atoms with Gasteiger partial charge in [-0.1, -0.05) is 0 Å². The topological polar surface area (TPSA) is 124 Å². The zero-order chi connectivity index (χ0) is 19.9. The van der Waals surface area contributed by atoms with Crippen LogP contribution in [-0.2, 0) is 47.6 Å². The van der Waals surface area contributed by atoms with Gasteiger partial charge < -0.3 is 28.4 Å². The molecule has 0 bridgehead atoms. The molecule has 0 spiro atoms. The standard InChI is InChI=1S/C16H24O10/c1-6-21-7-12-13(22-8(2)17)14(23-9(3)18)15(24-10(4)19)16(26-12)25-11(5)20/h12-16H,6-7H2,1-5H3/t12-,13-,14?,15-,16?/m1/s1. The first kappa shape index (κ1) is 21.8. The van der Waals surface area contributed by atoms with Crippen molar-refractivity contribution in [1.82, 2.24) is 0 Å². The Labute approximate surface area is 151 Å². The van der Waals surface area contributed by atoms with Crippen molar-refractivity contribution in [3.8, 4) is 0 Å². The third-order valence-electron chi connectivity index (χ3n) is 3.27. The van der Waals surface area contributed by atoms with Crippen LogP contribution < -0.4 is 0 Å². The maximum atomic E-state index is 11.5. The Morgan fingerprint density at radius 3 is 1.65 bits per heavy atom. The van der Waals surface area contributed by atoms with Gasteiger partial charge in [-0.15, -0.1) is 0 Å². The molecule has 0 N–H and O–H groups in total. The van der Waals surface area contributed by atoms with Gasteiger partial charge in [-0.2, -0.15) is 0 Å². The molecule has 1 heterocycles. The fourth-order valence-electron chi connectivity index (χ4n) is 2.48. The van der Waals surface area contributed by atoms with Crippen LogP contribution in [0.2, 0.25) is 0 Å². The average molecular weight is 376 g/mol. The number of carbonyl (C=O) groups is 4. The minimum Gasteiger partial charge on any atom is -0.456 e. The number of esters is 4. The minimum absolute atomic E-state index is 0.0310. The predicted octanol–water partition coefficient (Wildman–Crippen LogP) is 0.106. The van der Waals surface area contributed by atoms with Crippen molar-refractivity contribution in [3.63, 3.8) is 0 Å². The van der Waals surface area contributed by atoms with Gasteiger partial charge in [-0.05, 0) is 6.92 Å². The fraction of sp³-hybridized carbons (Fsp3) is 0.750. The van der Waals surface area contributed by atoms with Gasteiger partial charge in [-0.3, -0.25) is 19.2 Å². The molecule has 0 aliphatic carbocycles. The molecule has 2 unspecified atom stereocenters.